The number of aryl methyl sites for hydroxylation is 1. The summed E-state index contributed by atoms with van der Waals surface area (Å²) in [6.07, 6.45) is 0. The molecular formula is C6H9N7. The van der Waals surface area contributed by atoms with Crippen molar-refractivity contribution in [3.63, 3.8) is 0 Å². The fourth-order valence-electron chi connectivity index (χ4n) is 1.10. The number of hydrogen-bond donors (Lipinski definition) is 2. The van der Waals surface area contributed by atoms with E-state index in [1.54, 1.807) is 4.68 Å². The lowest BCUT2D eigenvalue weighted by molar-refractivity contribution is 0.777. The van der Waals surface area contributed by atoms with Crippen LogP contribution >= 0.6 is 0 Å². The zero-order valence-electron chi connectivity index (χ0n) is 7.31. The highest BCUT2D eigenvalue weighted by Gasteiger charge is 2.11. The average molecular weight is 179 g/mol. The van der Waals surface area contributed by atoms with Crippen molar-refractivity contribution in [2.24, 2.45) is 0 Å². The van der Waals surface area contributed by atoms with Crippen molar-refractivity contribution in [1.82, 2.24) is 30.4 Å². The van der Waals surface area contributed by atoms with Gasteiger partial charge in [-0.2, -0.15) is 15.0 Å². The summed E-state index contributed by atoms with van der Waals surface area (Å²) < 4.78 is 1.55. The third-order valence-corrected chi connectivity index (χ3v) is 1.87. The third kappa shape index (κ3) is 1.05. The molecule has 0 aliphatic carbocycles. The summed E-state index contributed by atoms with van der Waals surface area (Å²) in [6.45, 7) is 3.69. The standard InChI is InChI=1S/C6H9N7/c1-3-5(7)4(2)13(10-3)6-8-11-12-9-6/h7H2,1-2H3,(H,8,9,11,12). The van der Waals surface area contributed by atoms with Crippen LogP contribution in [0.1, 0.15) is 11.4 Å². The predicted octanol–water partition coefficient (Wildman–Crippen LogP) is -0.416. The van der Waals surface area contributed by atoms with Crippen molar-refractivity contribution in [2.45, 2.75) is 13.8 Å². The van der Waals surface area contributed by atoms with Crippen molar-refractivity contribution >= 4 is 5.69 Å². The molecule has 0 atom stereocenters. The maximum absolute atomic E-state index is 5.74. The quantitative estimate of drug-likeness (QED) is 0.619. The highest BCUT2D eigenvalue weighted by atomic mass is 15.5. The molecule has 0 bridgehead atoms. The maximum atomic E-state index is 5.74. The number of aromatic nitrogens is 6. The number of anilines is 1. The molecule has 7 heteroatoms. The van der Waals surface area contributed by atoms with Gasteiger partial charge in [-0.1, -0.05) is 5.10 Å². The lowest BCUT2D eigenvalue weighted by Crippen LogP contribution is -2.01. The summed E-state index contributed by atoms with van der Waals surface area (Å²) in [5, 5.41) is 17.6. The molecule has 0 radical (unpaired) electrons. The van der Waals surface area contributed by atoms with E-state index in [1.165, 1.54) is 0 Å². The van der Waals surface area contributed by atoms with Gasteiger partial charge in [-0.3, -0.25) is 0 Å². The van der Waals surface area contributed by atoms with Crippen molar-refractivity contribution in [3.8, 4) is 5.95 Å². The van der Waals surface area contributed by atoms with E-state index in [0.717, 1.165) is 11.4 Å². The van der Waals surface area contributed by atoms with Crippen LogP contribution in [0.25, 0.3) is 5.95 Å². The van der Waals surface area contributed by atoms with Crippen molar-refractivity contribution in [1.29, 1.82) is 0 Å². The second kappa shape index (κ2) is 2.54. The molecule has 2 aromatic rings. The average Bonchev–Trinajstić information content (AvgIpc) is 2.70. The van der Waals surface area contributed by atoms with Crippen LogP contribution in [0.4, 0.5) is 5.69 Å². The second-order valence-corrected chi connectivity index (χ2v) is 2.71. The first-order chi connectivity index (χ1) is 6.20. The largest absolute Gasteiger partial charge is 0.396 e. The molecule has 0 saturated heterocycles. The van der Waals surface area contributed by atoms with Gasteiger partial charge >= 0.3 is 0 Å². The summed E-state index contributed by atoms with van der Waals surface area (Å²) in [5.74, 6) is 0.400. The third-order valence-electron chi connectivity index (χ3n) is 1.87. The Kier molecular flexibility index (Phi) is 1.51. The molecule has 3 N–H and O–H groups in total. The zero-order valence-corrected chi connectivity index (χ0v) is 7.31. The van der Waals surface area contributed by atoms with Gasteiger partial charge in [0, 0.05) is 0 Å². The minimum atomic E-state index is 0.400. The van der Waals surface area contributed by atoms with Crippen molar-refractivity contribution < 1.29 is 0 Å². The Morgan fingerprint density at radius 2 is 2.15 bits per heavy atom. The van der Waals surface area contributed by atoms with E-state index in [4.69, 9.17) is 5.73 Å². The Labute approximate surface area is 73.9 Å². The lowest BCUT2D eigenvalue weighted by atomic mass is 10.3. The Morgan fingerprint density at radius 3 is 2.62 bits per heavy atom. The number of nitrogens with one attached hydrogen (secondary N) is 1. The maximum Gasteiger partial charge on any atom is 0.290 e. The molecule has 0 fully saturated rings. The zero-order chi connectivity index (χ0) is 9.42. The number of rotatable bonds is 1. The minimum Gasteiger partial charge on any atom is -0.396 e. The molecular weight excluding hydrogens is 170 g/mol. The van der Waals surface area contributed by atoms with Crippen LogP contribution in [0, 0.1) is 13.8 Å². The molecule has 2 heterocycles. The highest BCUT2D eigenvalue weighted by molar-refractivity contribution is 5.48. The molecule has 0 aliphatic heterocycles. The Morgan fingerprint density at radius 1 is 1.38 bits per heavy atom. The first-order valence-corrected chi connectivity index (χ1v) is 3.75. The Balaban J connectivity index is 2.59. The number of nitrogen functional groups attached to an aromatic ring is 1. The molecule has 0 spiro atoms. The highest BCUT2D eigenvalue weighted by Crippen LogP contribution is 2.16. The van der Waals surface area contributed by atoms with E-state index >= 15 is 0 Å². The molecule has 0 aromatic carbocycles. The van der Waals surface area contributed by atoms with Gasteiger partial charge in [0.2, 0.25) is 0 Å². The lowest BCUT2D eigenvalue weighted by Gasteiger charge is -1.95. The molecule has 0 saturated carbocycles. The summed E-state index contributed by atoms with van der Waals surface area (Å²) in [4.78, 5) is 0. The van der Waals surface area contributed by atoms with E-state index < -0.39 is 0 Å². The number of hydrogen-bond acceptors (Lipinski definition) is 5. The van der Waals surface area contributed by atoms with Gasteiger partial charge in [0.15, 0.2) is 0 Å². The number of nitrogens with zero attached hydrogens (tertiary/aromatic N) is 5. The fraction of sp³-hybridized carbons (Fsp3) is 0.333. The summed E-state index contributed by atoms with van der Waals surface area (Å²) in [7, 11) is 0. The van der Waals surface area contributed by atoms with Gasteiger partial charge in [-0.25, -0.2) is 0 Å². The molecule has 0 unspecified atom stereocenters. The van der Waals surface area contributed by atoms with E-state index in [-0.39, 0.29) is 0 Å². The number of tetrazole rings is 1. The topological polar surface area (TPSA) is 98.3 Å². The molecule has 68 valence electrons. The van der Waals surface area contributed by atoms with Crippen molar-refractivity contribution in [3.05, 3.63) is 11.4 Å². The second-order valence-electron chi connectivity index (χ2n) is 2.71. The van der Waals surface area contributed by atoms with Gasteiger partial charge in [0.25, 0.3) is 5.95 Å². The van der Waals surface area contributed by atoms with Crippen LogP contribution in [-0.2, 0) is 0 Å². The summed E-state index contributed by atoms with van der Waals surface area (Å²) in [6, 6.07) is 0. The molecule has 0 amide bonds. The molecule has 2 aromatic heterocycles. The monoisotopic (exact) mass is 179 g/mol. The SMILES string of the molecule is Cc1nn(-c2nn[nH]n2)c(C)c1N. The Bertz CT molecular complexity index is 412. The number of aromatic amines is 1. The molecule has 0 aliphatic rings. The van der Waals surface area contributed by atoms with Crippen LogP contribution in [0.3, 0.4) is 0 Å². The van der Waals surface area contributed by atoms with Crippen LogP contribution in [0.2, 0.25) is 0 Å². The predicted molar refractivity (Wildman–Crippen MR) is 45.2 cm³/mol. The smallest absolute Gasteiger partial charge is 0.290 e. The van der Waals surface area contributed by atoms with E-state index in [0.29, 0.717) is 11.6 Å². The first kappa shape index (κ1) is 7.71. The van der Waals surface area contributed by atoms with Gasteiger partial charge in [-0.05, 0) is 19.1 Å². The minimum absolute atomic E-state index is 0.400. The summed E-state index contributed by atoms with van der Waals surface area (Å²) in [5.41, 5.74) is 7.98. The van der Waals surface area contributed by atoms with E-state index in [1.807, 2.05) is 13.8 Å². The van der Waals surface area contributed by atoms with Gasteiger partial charge in [0.05, 0.1) is 17.1 Å². The van der Waals surface area contributed by atoms with Crippen LogP contribution < -0.4 is 5.73 Å². The van der Waals surface area contributed by atoms with Crippen LogP contribution in [0.15, 0.2) is 0 Å². The van der Waals surface area contributed by atoms with Crippen LogP contribution in [-0.4, -0.2) is 30.4 Å². The van der Waals surface area contributed by atoms with Crippen molar-refractivity contribution in [2.75, 3.05) is 5.73 Å². The summed E-state index contributed by atoms with van der Waals surface area (Å²) >= 11 is 0. The van der Waals surface area contributed by atoms with E-state index in [2.05, 4.69) is 25.7 Å². The molecule has 2 rings (SSSR count). The van der Waals surface area contributed by atoms with E-state index in [9.17, 15) is 0 Å². The van der Waals surface area contributed by atoms with Gasteiger partial charge in [0.1, 0.15) is 0 Å². The number of nitrogens with two attached hydrogens (primary N) is 1. The van der Waals surface area contributed by atoms with Gasteiger partial charge < -0.3 is 5.73 Å². The number of H-pyrrole nitrogens is 1. The first-order valence-electron chi connectivity index (χ1n) is 3.75. The van der Waals surface area contributed by atoms with Gasteiger partial charge in [-0.15, -0.1) is 5.10 Å². The fourth-order valence-corrected chi connectivity index (χ4v) is 1.10. The molecule has 7 nitrogen and oxygen atoms in total. The Hall–Kier alpha value is -1.92. The molecule has 13 heavy (non-hydrogen) atoms. The van der Waals surface area contributed by atoms with Crippen LogP contribution in [0.5, 0.6) is 0 Å². The normalized spacial score (nSPS) is 10.6.